The molecule has 0 saturated carbocycles. The van der Waals surface area contributed by atoms with E-state index in [2.05, 4.69) is 10.1 Å². The summed E-state index contributed by atoms with van der Waals surface area (Å²) in [5.41, 5.74) is 1.76. The number of hydrogen-bond acceptors (Lipinski definition) is 5. The Hall–Kier alpha value is -4.33. The van der Waals surface area contributed by atoms with Gasteiger partial charge in [0.25, 0.3) is 11.6 Å². The number of rotatable bonds is 4. The number of nitro benzene ring substituents is 1. The molecule has 0 spiro atoms. The van der Waals surface area contributed by atoms with Crippen LogP contribution in [0.3, 0.4) is 0 Å². The molecule has 0 fully saturated rings. The molecule has 1 amide bonds. The average molecular weight is 425 g/mol. The van der Waals surface area contributed by atoms with Crippen molar-refractivity contribution in [3.63, 3.8) is 0 Å². The fourth-order valence-electron chi connectivity index (χ4n) is 4.28. The maximum atomic E-state index is 13.8. The SMILES string of the molecule is O=C(c1ccccc1[N+](=O)[O-])N1c2ncnn2[C@@H](c2ccccc2)C[C@H]1c1ccccc1. The summed E-state index contributed by atoms with van der Waals surface area (Å²) in [5.74, 6) is -0.117. The Bertz CT molecular complexity index is 1270. The fraction of sp³-hybridized carbons (Fsp3) is 0.125. The van der Waals surface area contributed by atoms with Gasteiger partial charge in [-0.1, -0.05) is 72.8 Å². The van der Waals surface area contributed by atoms with E-state index in [0.29, 0.717) is 12.4 Å². The van der Waals surface area contributed by atoms with Crippen molar-refractivity contribution >= 4 is 17.5 Å². The lowest BCUT2D eigenvalue weighted by Gasteiger charge is -2.39. The van der Waals surface area contributed by atoms with Gasteiger partial charge in [-0.2, -0.15) is 10.1 Å². The highest BCUT2D eigenvalue weighted by Gasteiger charge is 2.41. The summed E-state index contributed by atoms with van der Waals surface area (Å²) in [4.78, 5) is 30.7. The Balaban J connectivity index is 1.67. The summed E-state index contributed by atoms with van der Waals surface area (Å²) >= 11 is 0. The van der Waals surface area contributed by atoms with Gasteiger partial charge in [-0.15, -0.1) is 0 Å². The highest BCUT2D eigenvalue weighted by molar-refractivity contribution is 6.08. The number of nitrogens with zero attached hydrogens (tertiary/aromatic N) is 5. The summed E-state index contributed by atoms with van der Waals surface area (Å²) in [6.45, 7) is 0. The number of hydrogen-bond donors (Lipinski definition) is 0. The molecule has 1 aliphatic rings. The van der Waals surface area contributed by atoms with E-state index in [9.17, 15) is 14.9 Å². The van der Waals surface area contributed by atoms with Gasteiger partial charge in [0.05, 0.1) is 17.0 Å². The van der Waals surface area contributed by atoms with Crippen molar-refractivity contribution in [2.75, 3.05) is 4.90 Å². The lowest BCUT2D eigenvalue weighted by Crippen LogP contribution is -2.42. The lowest BCUT2D eigenvalue weighted by molar-refractivity contribution is -0.385. The monoisotopic (exact) mass is 425 g/mol. The second kappa shape index (κ2) is 8.07. The predicted octanol–water partition coefficient (Wildman–Crippen LogP) is 4.57. The summed E-state index contributed by atoms with van der Waals surface area (Å²) < 4.78 is 1.72. The molecule has 4 aromatic rings. The molecule has 0 radical (unpaired) electrons. The summed E-state index contributed by atoms with van der Waals surface area (Å²) in [7, 11) is 0. The first-order valence-corrected chi connectivity index (χ1v) is 10.2. The Labute approximate surface area is 183 Å². The van der Waals surface area contributed by atoms with Gasteiger partial charge in [0, 0.05) is 6.07 Å². The second-order valence-electron chi connectivity index (χ2n) is 7.54. The quantitative estimate of drug-likeness (QED) is 0.353. The number of carbonyl (C=O) groups is 1. The third-order valence-electron chi connectivity index (χ3n) is 5.74. The van der Waals surface area contributed by atoms with E-state index in [0.717, 1.165) is 11.1 Å². The van der Waals surface area contributed by atoms with Crippen molar-refractivity contribution in [1.82, 2.24) is 14.8 Å². The first-order chi connectivity index (χ1) is 15.6. The van der Waals surface area contributed by atoms with Crippen LogP contribution in [-0.4, -0.2) is 25.6 Å². The lowest BCUT2D eigenvalue weighted by atomic mass is 9.91. The van der Waals surface area contributed by atoms with Crippen LogP contribution in [0.5, 0.6) is 0 Å². The van der Waals surface area contributed by atoms with Crippen LogP contribution < -0.4 is 4.90 Å². The van der Waals surface area contributed by atoms with E-state index in [1.807, 2.05) is 60.7 Å². The van der Waals surface area contributed by atoms with Crippen molar-refractivity contribution in [3.05, 3.63) is 118 Å². The minimum absolute atomic E-state index is 0.0196. The number of benzene rings is 3. The molecule has 158 valence electrons. The molecule has 0 aliphatic carbocycles. The van der Waals surface area contributed by atoms with E-state index < -0.39 is 10.8 Å². The Morgan fingerprint density at radius 3 is 2.12 bits per heavy atom. The van der Waals surface area contributed by atoms with E-state index in [1.54, 1.807) is 16.8 Å². The van der Waals surface area contributed by atoms with E-state index in [1.165, 1.54) is 23.4 Å². The molecule has 0 N–H and O–H groups in total. The predicted molar refractivity (Wildman–Crippen MR) is 118 cm³/mol. The topological polar surface area (TPSA) is 94.2 Å². The van der Waals surface area contributed by atoms with Crippen LogP contribution in [0.15, 0.2) is 91.3 Å². The molecule has 2 atom stereocenters. The van der Waals surface area contributed by atoms with Crippen molar-refractivity contribution in [1.29, 1.82) is 0 Å². The van der Waals surface area contributed by atoms with Gasteiger partial charge in [-0.3, -0.25) is 19.8 Å². The van der Waals surface area contributed by atoms with Crippen molar-refractivity contribution in [2.45, 2.75) is 18.5 Å². The van der Waals surface area contributed by atoms with Gasteiger partial charge < -0.3 is 0 Å². The summed E-state index contributed by atoms with van der Waals surface area (Å²) in [6, 6.07) is 25.1. The van der Waals surface area contributed by atoms with E-state index in [-0.39, 0.29) is 23.3 Å². The zero-order chi connectivity index (χ0) is 22.1. The van der Waals surface area contributed by atoms with Crippen LogP contribution in [0.1, 0.15) is 40.0 Å². The fourth-order valence-corrected chi connectivity index (χ4v) is 4.28. The van der Waals surface area contributed by atoms with Gasteiger partial charge in [0.15, 0.2) is 0 Å². The zero-order valence-electron chi connectivity index (χ0n) is 17.0. The van der Waals surface area contributed by atoms with Gasteiger partial charge in [0.2, 0.25) is 5.95 Å². The third-order valence-corrected chi connectivity index (χ3v) is 5.74. The number of aromatic nitrogens is 3. The van der Waals surface area contributed by atoms with Gasteiger partial charge in [0.1, 0.15) is 11.9 Å². The molecule has 1 aromatic heterocycles. The van der Waals surface area contributed by atoms with Gasteiger partial charge in [-0.25, -0.2) is 4.68 Å². The zero-order valence-corrected chi connectivity index (χ0v) is 17.0. The Morgan fingerprint density at radius 2 is 1.47 bits per heavy atom. The first-order valence-electron chi connectivity index (χ1n) is 10.2. The number of anilines is 1. The molecule has 0 bridgehead atoms. The molecular formula is C24H19N5O3. The molecule has 1 aliphatic heterocycles. The molecule has 2 heterocycles. The van der Waals surface area contributed by atoms with E-state index >= 15 is 0 Å². The first kappa shape index (κ1) is 19.6. The van der Waals surface area contributed by atoms with Gasteiger partial charge >= 0.3 is 0 Å². The largest absolute Gasteiger partial charge is 0.282 e. The third kappa shape index (κ3) is 3.31. The molecule has 8 heteroatoms. The summed E-state index contributed by atoms with van der Waals surface area (Å²) in [5, 5.41) is 16.0. The molecule has 5 rings (SSSR count). The molecule has 8 nitrogen and oxygen atoms in total. The smallest absolute Gasteiger partial charge is 0.269 e. The maximum Gasteiger partial charge on any atom is 0.282 e. The second-order valence-corrected chi connectivity index (χ2v) is 7.54. The summed E-state index contributed by atoms with van der Waals surface area (Å²) in [6.07, 6.45) is 1.97. The van der Waals surface area contributed by atoms with Crippen LogP contribution in [0, 0.1) is 10.1 Å². The molecule has 3 aromatic carbocycles. The molecular weight excluding hydrogens is 406 g/mol. The normalized spacial score (nSPS) is 17.6. The van der Waals surface area contributed by atoms with Crippen molar-refractivity contribution < 1.29 is 9.72 Å². The van der Waals surface area contributed by atoms with Crippen LogP contribution in [0.2, 0.25) is 0 Å². The maximum absolute atomic E-state index is 13.8. The molecule has 0 saturated heterocycles. The van der Waals surface area contributed by atoms with Crippen LogP contribution in [0.25, 0.3) is 0 Å². The highest BCUT2D eigenvalue weighted by Crippen LogP contribution is 2.42. The van der Waals surface area contributed by atoms with E-state index in [4.69, 9.17) is 0 Å². The number of nitro groups is 1. The van der Waals surface area contributed by atoms with Crippen molar-refractivity contribution in [2.24, 2.45) is 0 Å². The minimum atomic E-state index is -0.536. The highest BCUT2D eigenvalue weighted by atomic mass is 16.6. The number of fused-ring (bicyclic) bond motifs is 1. The van der Waals surface area contributed by atoms with Crippen LogP contribution in [-0.2, 0) is 0 Å². The average Bonchev–Trinajstić information content (AvgIpc) is 3.33. The van der Waals surface area contributed by atoms with Crippen LogP contribution in [0.4, 0.5) is 11.6 Å². The number of para-hydroxylation sites is 1. The Kier molecular flexibility index (Phi) is 4.95. The molecule has 0 unspecified atom stereocenters. The number of carbonyl (C=O) groups excluding carboxylic acids is 1. The minimum Gasteiger partial charge on any atom is -0.269 e. The standard InChI is InChI=1S/C24H19N5O3/c30-23(19-13-7-8-14-20(19)29(31)32)27-21(17-9-3-1-4-10-17)15-22(18-11-5-2-6-12-18)28-24(27)25-16-26-28/h1-14,16,21-22H,15H2/t21-,22+/m0/s1. The molecule has 32 heavy (non-hydrogen) atoms. The van der Waals surface area contributed by atoms with Gasteiger partial charge in [-0.05, 0) is 23.6 Å². The number of amides is 1. The van der Waals surface area contributed by atoms with Crippen LogP contribution >= 0.6 is 0 Å². The Morgan fingerprint density at radius 1 is 0.875 bits per heavy atom. The van der Waals surface area contributed by atoms with Crippen molar-refractivity contribution in [3.8, 4) is 0 Å².